The first-order valence-corrected chi connectivity index (χ1v) is 6.62. The molecule has 1 aromatic rings. The Morgan fingerprint density at radius 3 is 2.42 bits per heavy atom. The van der Waals surface area contributed by atoms with Crippen molar-refractivity contribution in [2.45, 2.75) is 30.8 Å². The van der Waals surface area contributed by atoms with Crippen molar-refractivity contribution in [3.8, 4) is 5.75 Å². The molecule has 0 saturated carbocycles. The summed E-state index contributed by atoms with van der Waals surface area (Å²) in [6.07, 6.45) is -9.20. The lowest BCUT2D eigenvalue weighted by Crippen LogP contribution is -2.58. The smallest absolute Gasteiger partial charge is 0.317 e. The molecule has 3 N–H and O–H groups in total. The monoisotopic (exact) mass is 348 g/mol. The van der Waals surface area contributed by atoms with Gasteiger partial charge in [-0.1, -0.05) is 0 Å². The van der Waals surface area contributed by atoms with Crippen molar-refractivity contribution in [3.05, 3.63) is 38.4 Å². The van der Waals surface area contributed by atoms with Gasteiger partial charge in [0.2, 0.25) is 12.0 Å². The zero-order chi connectivity index (χ0) is 18.0. The van der Waals surface area contributed by atoms with Crippen LogP contribution < -0.4 is 4.74 Å². The number of aliphatic hydroxyl groups excluding tert-OH is 3. The van der Waals surface area contributed by atoms with Crippen LogP contribution in [0.4, 0.5) is 15.8 Å². The third-order valence-corrected chi connectivity index (χ3v) is 3.39. The van der Waals surface area contributed by atoms with Crippen LogP contribution >= 0.6 is 0 Å². The van der Waals surface area contributed by atoms with Gasteiger partial charge in [-0.15, -0.1) is 0 Å². The van der Waals surface area contributed by atoms with Crippen molar-refractivity contribution >= 4 is 11.4 Å². The number of nitrogens with zero attached hydrogens (tertiary/aromatic N) is 2. The fraction of sp³-hybridized carbons (Fsp3) is 0.500. The van der Waals surface area contributed by atoms with E-state index in [1.807, 2.05) is 0 Å². The Bertz CT molecular complexity index is 641. The Balaban J connectivity index is 2.29. The quantitative estimate of drug-likeness (QED) is 0.476. The van der Waals surface area contributed by atoms with E-state index >= 15 is 0 Å². The van der Waals surface area contributed by atoms with Crippen LogP contribution in [-0.4, -0.2) is 62.5 Å². The van der Waals surface area contributed by atoms with Gasteiger partial charge in [-0.3, -0.25) is 20.2 Å². The molecule has 0 aromatic heterocycles. The van der Waals surface area contributed by atoms with Gasteiger partial charge >= 0.3 is 5.69 Å². The average molecular weight is 348 g/mol. The Labute approximate surface area is 133 Å². The molecule has 1 aliphatic rings. The summed E-state index contributed by atoms with van der Waals surface area (Å²) in [5, 5.41) is 49.9. The summed E-state index contributed by atoms with van der Waals surface area (Å²) in [6, 6.07) is 2.46. The van der Waals surface area contributed by atoms with Gasteiger partial charge in [0.05, 0.1) is 22.5 Å². The van der Waals surface area contributed by atoms with Gasteiger partial charge in [-0.05, 0) is 6.07 Å². The minimum atomic E-state index is -2.22. The number of nitro benzene ring substituents is 2. The second kappa shape index (κ2) is 7.00. The van der Waals surface area contributed by atoms with E-state index in [1.54, 1.807) is 0 Å². The van der Waals surface area contributed by atoms with Crippen LogP contribution in [0.5, 0.6) is 5.75 Å². The molecule has 0 bridgehead atoms. The molecule has 0 unspecified atom stereocenters. The molecule has 0 aliphatic carbocycles. The Hall–Kier alpha value is -2.41. The lowest BCUT2D eigenvalue weighted by atomic mass is 10.0. The van der Waals surface area contributed by atoms with E-state index < -0.39 is 64.4 Å². The fourth-order valence-electron chi connectivity index (χ4n) is 2.13. The molecule has 1 aromatic carbocycles. The van der Waals surface area contributed by atoms with Gasteiger partial charge in [0.1, 0.15) is 18.3 Å². The van der Waals surface area contributed by atoms with E-state index in [0.717, 1.165) is 12.1 Å². The molecule has 5 atom stereocenters. The topological polar surface area (TPSA) is 165 Å². The number of hydrogen-bond acceptors (Lipinski definition) is 9. The maximum atomic E-state index is 13.8. The molecule has 12 heteroatoms. The third-order valence-electron chi connectivity index (χ3n) is 3.39. The molecule has 24 heavy (non-hydrogen) atoms. The van der Waals surface area contributed by atoms with Crippen LogP contribution in [0.1, 0.15) is 0 Å². The van der Waals surface area contributed by atoms with E-state index in [1.165, 1.54) is 0 Å². The van der Waals surface area contributed by atoms with Crippen LogP contribution in [0, 0.1) is 20.2 Å². The van der Waals surface area contributed by atoms with Crippen molar-refractivity contribution in [2.24, 2.45) is 0 Å². The zero-order valence-corrected chi connectivity index (χ0v) is 11.9. The molecular weight excluding hydrogens is 335 g/mol. The highest BCUT2D eigenvalue weighted by atomic mass is 19.1. The second-order valence-electron chi connectivity index (χ2n) is 4.94. The summed E-state index contributed by atoms with van der Waals surface area (Å²) in [5.41, 5.74) is -1.35. The number of alkyl halides is 1. The molecule has 0 amide bonds. The highest BCUT2D eigenvalue weighted by molar-refractivity contribution is 5.53. The minimum absolute atomic E-state index is 0.505. The Morgan fingerprint density at radius 1 is 1.21 bits per heavy atom. The van der Waals surface area contributed by atoms with E-state index in [2.05, 4.69) is 0 Å². The molecule has 11 nitrogen and oxygen atoms in total. The summed E-state index contributed by atoms with van der Waals surface area (Å²) in [4.78, 5) is 19.9. The number of benzene rings is 1. The van der Waals surface area contributed by atoms with Crippen LogP contribution in [0.2, 0.25) is 0 Å². The number of non-ortho nitro benzene ring substituents is 1. The molecular formula is C12H13FN2O9. The predicted octanol–water partition coefficient (Wildman–Crippen LogP) is -0.341. The highest BCUT2D eigenvalue weighted by Crippen LogP contribution is 2.34. The van der Waals surface area contributed by atoms with Crippen molar-refractivity contribution < 1.29 is 39.0 Å². The number of nitro groups is 2. The first kappa shape index (κ1) is 17.9. The van der Waals surface area contributed by atoms with Crippen LogP contribution in [0.15, 0.2) is 18.2 Å². The van der Waals surface area contributed by atoms with Gasteiger partial charge < -0.3 is 24.8 Å². The molecule has 132 valence electrons. The average Bonchev–Trinajstić information content (AvgIpc) is 2.55. The number of rotatable bonds is 5. The predicted molar refractivity (Wildman–Crippen MR) is 73.0 cm³/mol. The van der Waals surface area contributed by atoms with Crippen LogP contribution in [-0.2, 0) is 4.74 Å². The van der Waals surface area contributed by atoms with Gasteiger partial charge in [0.15, 0.2) is 6.17 Å². The van der Waals surface area contributed by atoms with Crippen LogP contribution in [0.3, 0.4) is 0 Å². The summed E-state index contributed by atoms with van der Waals surface area (Å²) < 4.78 is 23.8. The number of halogens is 1. The second-order valence-corrected chi connectivity index (χ2v) is 4.94. The lowest BCUT2D eigenvalue weighted by molar-refractivity contribution is -0.395. The fourth-order valence-corrected chi connectivity index (χ4v) is 2.13. The van der Waals surface area contributed by atoms with Crippen molar-refractivity contribution in [2.75, 3.05) is 6.61 Å². The highest BCUT2D eigenvalue weighted by Gasteiger charge is 2.46. The number of ether oxygens (including phenoxy) is 2. The first-order chi connectivity index (χ1) is 11.3. The molecule has 2 rings (SSSR count). The van der Waals surface area contributed by atoms with Gasteiger partial charge in [-0.25, -0.2) is 4.39 Å². The number of aliphatic hydroxyl groups is 3. The lowest BCUT2D eigenvalue weighted by Gasteiger charge is -2.38. The summed E-state index contributed by atoms with van der Waals surface area (Å²) >= 11 is 0. The summed E-state index contributed by atoms with van der Waals surface area (Å²) in [7, 11) is 0. The summed E-state index contributed by atoms with van der Waals surface area (Å²) in [6.45, 7) is -0.781. The van der Waals surface area contributed by atoms with E-state index in [9.17, 15) is 34.8 Å². The minimum Gasteiger partial charge on any atom is -0.455 e. The van der Waals surface area contributed by atoms with Crippen molar-refractivity contribution in [1.29, 1.82) is 0 Å². The third kappa shape index (κ3) is 3.41. The molecule has 0 radical (unpaired) electrons. The van der Waals surface area contributed by atoms with E-state index in [4.69, 9.17) is 14.6 Å². The Kier molecular flexibility index (Phi) is 5.23. The maximum absolute atomic E-state index is 13.8. The van der Waals surface area contributed by atoms with Gasteiger partial charge in [0, 0.05) is 6.07 Å². The van der Waals surface area contributed by atoms with Gasteiger partial charge in [0.25, 0.3) is 5.69 Å². The van der Waals surface area contributed by atoms with Gasteiger partial charge in [-0.2, -0.15) is 0 Å². The molecule has 1 fully saturated rings. The number of hydrogen-bond donors (Lipinski definition) is 3. The standard InChI is InChI=1S/C12H13FN2O9/c13-9-10(17)8(4-16)24-12(11(9)18)23-7-2-1-5(14(19)20)3-6(7)15(21)22/h1-3,8-12,16-18H,4H2/t8-,9+,10-,11-,12-/m1/s1. The SMILES string of the molecule is O=[N+]([O-])c1ccc(O[C@@H]2O[C@H](CO)[C@@H](O)[C@H](F)[C@H]2O)c([N+](=O)[O-])c1. The van der Waals surface area contributed by atoms with E-state index in [0.29, 0.717) is 6.07 Å². The Morgan fingerprint density at radius 2 is 1.88 bits per heavy atom. The molecule has 1 heterocycles. The normalized spacial score (nSPS) is 29.9. The largest absolute Gasteiger partial charge is 0.455 e. The van der Waals surface area contributed by atoms with Crippen LogP contribution in [0.25, 0.3) is 0 Å². The van der Waals surface area contributed by atoms with Crippen molar-refractivity contribution in [1.82, 2.24) is 0 Å². The van der Waals surface area contributed by atoms with Crippen molar-refractivity contribution in [3.63, 3.8) is 0 Å². The summed E-state index contributed by atoms with van der Waals surface area (Å²) in [5.74, 6) is -0.505. The molecule has 1 aliphatic heterocycles. The maximum Gasteiger partial charge on any atom is 0.317 e. The zero-order valence-electron chi connectivity index (χ0n) is 11.9. The molecule has 0 spiro atoms. The molecule has 1 saturated heterocycles. The first-order valence-electron chi connectivity index (χ1n) is 6.62. The van der Waals surface area contributed by atoms with E-state index in [-0.39, 0.29) is 0 Å².